The Hall–Kier alpha value is -5.78. The van der Waals surface area contributed by atoms with Crippen LogP contribution in [0, 0.1) is 0 Å². The maximum absolute atomic E-state index is 12.8. The van der Waals surface area contributed by atoms with Gasteiger partial charge < -0.3 is 30.2 Å². The van der Waals surface area contributed by atoms with E-state index in [1.807, 2.05) is 67.8 Å². The Morgan fingerprint density at radius 3 is 2.51 bits per heavy atom. The van der Waals surface area contributed by atoms with Crippen LogP contribution in [-0.2, 0) is 26.4 Å². The van der Waals surface area contributed by atoms with Crippen molar-refractivity contribution in [3.8, 4) is 28.3 Å². The van der Waals surface area contributed by atoms with E-state index in [0.29, 0.717) is 42.7 Å². The number of pyridine rings is 2. The number of hydrogen-bond acceptors (Lipinski definition) is 9. The van der Waals surface area contributed by atoms with Crippen molar-refractivity contribution in [2.75, 3.05) is 36.9 Å². The summed E-state index contributed by atoms with van der Waals surface area (Å²) in [6, 6.07) is 34.7. The lowest BCUT2D eigenvalue weighted by Crippen LogP contribution is -2.52. The number of imidazole rings is 1. The molecule has 1 atom stereocenters. The molecule has 3 aromatic carbocycles. The Morgan fingerprint density at radius 1 is 0.945 bits per heavy atom. The van der Waals surface area contributed by atoms with Gasteiger partial charge in [-0.2, -0.15) is 0 Å². The summed E-state index contributed by atoms with van der Waals surface area (Å²) in [7, 11) is 0. The van der Waals surface area contributed by atoms with Crippen LogP contribution in [0.3, 0.4) is 0 Å². The molecule has 3 aromatic heterocycles. The molecule has 0 spiro atoms. The van der Waals surface area contributed by atoms with Gasteiger partial charge in [-0.1, -0.05) is 54.6 Å². The average molecular weight is 738 g/mol. The normalized spacial score (nSPS) is 16.8. The van der Waals surface area contributed by atoms with Gasteiger partial charge in [-0.15, -0.1) is 0 Å². The molecule has 55 heavy (non-hydrogen) atoms. The fourth-order valence-corrected chi connectivity index (χ4v) is 7.39. The van der Waals surface area contributed by atoms with Crippen molar-refractivity contribution < 1.29 is 19.0 Å². The molecule has 1 unspecified atom stereocenters. The molecule has 1 saturated carbocycles. The van der Waals surface area contributed by atoms with E-state index in [-0.39, 0.29) is 6.10 Å². The predicted molar refractivity (Wildman–Crippen MR) is 215 cm³/mol. The minimum Gasteiger partial charge on any atom is -0.444 e. The first-order valence-corrected chi connectivity index (χ1v) is 19.0. The van der Waals surface area contributed by atoms with Crippen molar-refractivity contribution in [3.63, 3.8) is 0 Å². The number of ether oxygens (including phenoxy) is 3. The van der Waals surface area contributed by atoms with E-state index in [9.17, 15) is 4.79 Å². The van der Waals surface area contributed by atoms with Crippen LogP contribution in [0.15, 0.2) is 109 Å². The van der Waals surface area contributed by atoms with Crippen molar-refractivity contribution in [1.29, 1.82) is 0 Å². The number of nitrogens with zero attached hydrogens (tertiary/aromatic N) is 5. The fraction of sp³-hybridized carbons (Fsp3) is 0.318. The first kappa shape index (κ1) is 36.2. The molecular formula is C44H47N7O4. The Kier molecular flexibility index (Phi) is 9.98. The van der Waals surface area contributed by atoms with Gasteiger partial charge in [0.15, 0.2) is 11.5 Å². The van der Waals surface area contributed by atoms with Gasteiger partial charge in [0.25, 0.3) is 0 Å². The summed E-state index contributed by atoms with van der Waals surface area (Å²) in [4.78, 5) is 29.8. The Bertz CT molecular complexity index is 2280. The van der Waals surface area contributed by atoms with Gasteiger partial charge in [-0.3, -0.25) is 4.57 Å². The topological polar surface area (TPSA) is 130 Å². The van der Waals surface area contributed by atoms with Crippen LogP contribution in [0.2, 0.25) is 0 Å². The summed E-state index contributed by atoms with van der Waals surface area (Å²) in [5.41, 5.74) is 13.5. The van der Waals surface area contributed by atoms with Crippen LogP contribution in [0.4, 0.5) is 16.3 Å². The lowest BCUT2D eigenvalue weighted by Gasteiger charge is -2.43. The van der Waals surface area contributed by atoms with Crippen LogP contribution >= 0.6 is 0 Å². The van der Waals surface area contributed by atoms with Gasteiger partial charge in [0, 0.05) is 36.2 Å². The molecule has 0 bridgehead atoms. The highest BCUT2D eigenvalue weighted by Crippen LogP contribution is 2.42. The van der Waals surface area contributed by atoms with Gasteiger partial charge in [-0.25, -0.2) is 19.7 Å². The summed E-state index contributed by atoms with van der Waals surface area (Å²) in [5, 5.41) is 3.17. The molecule has 0 radical (unpaired) electrons. The van der Waals surface area contributed by atoms with E-state index in [2.05, 4.69) is 75.9 Å². The van der Waals surface area contributed by atoms with Crippen LogP contribution in [-0.4, -0.2) is 63.6 Å². The maximum Gasteiger partial charge on any atom is 0.408 e. The molecule has 2 aliphatic rings. The second-order valence-electron chi connectivity index (χ2n) is 15.3. The van der Waals surface area contributed by atoms with Gasteiger partial charge in [-0.05, 0) is 99.7 Å². The third-order valence-electron chi connectivity index (χ3n) is 10.3. The number of carbonyl (C=O) groups is 1. The zero-order valence-electron chi connectivity index (χ0n) is 31.6. The van der Waals surface area contributed by atoms with E-state index in [0.717, 1.165) is 71.6 Å². The molecule has 2 fully saturated rings. The van der Waals surface area contributed by atoms with Crippen molar-refractivity contribution >= 4 is 28.8 Å². The molecule has 1 amide bonds. The number of anilines is 2. The zero-order valence-corrected chi connectivity index (χ0v) is 31.6. The number of rotatable bonds is 10. The number of fused-ring (bicyclic) bond motifs is 1. The Labute approximate surface area is 321 Å². The van der Waals surface area contributed by atoms with E-state index >= 15 is 0 Å². The number of morpholine rings is 1. The number of carbonyl (C=O) groups excluding carboxylic acids is 1. The average Bonchev–Trinajstić information content (AvgIpc) is 3.55. The Morgan fingerprint density at radius 2 is 1.76 bits per heavy atom. The third kappa shape index (κ3) is 7.90. The lowest BCUT2D eigenvalue weighted by molar-refractivity contribution is -0.0283. The summed E-state index contributed by atoms with van der Waals surface area (Å²) < 4.78 is 19.8. The number of hydrogen-bond donors (Lipinski definition) is 2. The minimum atomic E-state index is -0.581. The smallest absolute Gasteiger partial charge is 0.408 e. The molecule has 1 aliphatic carbocycles. The van der Waals surface area contributed by atoms with E-state index in [1.54, 1.807) is 6.20 Å². The highest BCUT2D eigenvalue weighted by atomic mass is 16.6. The SMILES string of the molecule is CC(C)(C)OC(=O)NC1(c2ccc(-n3c(-c4cccnc4N)nc4ccc(-c5cccc(N6CCOC(COCc7ccccc7)C6)c5)nc43)cc2)CCC1. The number of nitrogens with one attached hydrogen (secondary N) is 1. The Balaban J connectivity index is 1.09. The number of alkyl carbamates (subject to hydrolysis) is 1. The van der Waals surface area contributed by atoms with E-state index in [4.69, 9.17) is 29.9 Å². The summed E-state index contributed by atoms with van der Waals surface area (Å²) in [5.74, 6) is 1.03. The van der Waals surface area contributed by atoms with Crippen LogP contribution in [0.5, 0.6) is 0 Å². The summed E-state index contributed by atoms with van der Waals surface area (Å²) in [6.07, 6.45) is 3.95. The molecule has 6 aromatic rings. The molecule has 11 heteroatoms. The number of amides is 1. The lowest BCUT2D eigenvalue weighted by atomic mass is 9.72. The second-order valence-corrected chi connectivity index (χ2v) is 15.3. The first-order chi connectivity index (χ1) is 26.6. The molecule has 1 aliphatic heterocycles. The fourth-order valence-electron chi connectivity index (χ4n) is 7.39. The number of aromatic nitrogens is 4. The largest absolute Gasteiger partial charge is 0.444 e. The molecule has 4 heterocycles. The number of nitrogen functional groups attached to an aromatic ring is 1. The monoisotopic (exact) mass is 737 g/mol. The van der Waals surface area contributed by atoms with Crippen molar-refractivity contribution in [2.45, 2.75) is 63.9 Å². The number of nitrogens with two attached hydrogens (primary N) is 1. The highest BCUT2D eigenvalue weighted by molar-refractivity contribution is 5.85. The third-order valence-corrected chi connectivity index (χ3v) is 10.3. The van der Waals surface area contributed by atoms with Crippen LogP contribution in [0.25, 0.3) is 39.5 Å². The maximum atomic E-state index is 12.8. The quantitative estimate of drug-likeness (QED) is 0.143. The van der Waals surface area contributed by atoms with Gasteiger partial charge in [0.1, 0.15) is 16.9 Å². The molecule has 1 saturated heterocycles. The van der Waals surface area contributed by atoms with Crippen molar-refractivity contribution in [3.05, 3.63) is 120 Å². The first-order valence-electron chi connectivity index (χ1n) is 19.0. The number of benzene rings is 3. The van der Waals surface area contributed by atoms with E-state index in [1.165, 1.54) is 0 Å². The van der Waals surface area contributed by atoms with Crippen LogP contribution < -0.4 is 16.0 Å². The summed E-state index contributed by atoms with van der Waals surface area (Å²) >= 11 is 0. The van der Waals surface area contributed by atoms with Crippen molar-refractivity contribution in [2.24, 2.45) is 0 Å². The predicted octanol–water partition coefficient (Wildman–Crippen LogP) is 8.06. The van der Waals surface area contributed by atoms with Gasteiger partial charge in [0.2, 0.25) is 0 Å². The minimum absolute atomic E-state index is 0.0260. The second kappa shape index (κ2) is 15.2. The van der Waals surface area contributed by atoms with Gasteiger partial charge >= 0.3 is 6.09 Å². The zero-order chi connectivity index (χ0) is 38.0. The molecule has 8 rings (SSSR count). The molecule has 282 valence electrons. The van der Waals surface area contributed by atoms with E-state index < -0.39 is 17.2 Å². The molecule has 3 N–H and O–H groups in total. The molecular weight excluding hydrogens is 691 g/mol. The van der Waals surface area contributed by atoms with Crippen molar-refractivity contribution in [1.82, 2.24) is 24.8 Å². The summed E-state index contributed by atoms with van der Waals surface area (Å²) in [6.45, 7) is 8.86. The highest BCUT2D eigenvalue weighted by Gasteiger charge is 2.41. The van der Waals surface area contributed by atoms with Crippen LogP contribution in [0.1, 0.15) is 51.2 Å². The molecule has 11 nitrogen and oxygen atoms in total. The van der Waals surface area contributed by atoms with Gasteiger partial charge in [0.05, 0.1) is 42.7 Å². The standard InChI is InChI=1S/C44H47N7O4/c1-43(2,3)55-42(52)49-44(21-9-22-44)32-15-17-33(18-16-32)51-40(36-14-8-23-46-39(36)45)48-38-20-19-37(47-41(38)51)31-12-7-13-34(26-31)50-24-25-54-35(27-50)29-53-28-30-10-5-4-6-11-30/h4-8,10-20,23,26,35H,9,21-22,24-25,27-29H2,1-3H3,(H2,45,46)(H,49,52).